The van der Waals surface area contributed by atoms with E-state index in [-0.39, 0.29) is 25.6 Å². The van der Waals surface area contributed by atoms with Gasteiger partial charge >= 0.3 is 13.8 Å². The Morgan fingerprint density at radius 2 is 0.844 bits per heavy atom. The molecular weight excluding hydrogens is 824 g/mol. The lowest BCUT2D eigenvalue weighted by Gasteiger charge is -2.20. The van der Waals surface area contributed by atoms with Crippen molar-refractivity contribution >= 4 is 13.8 Å². The average molecular weight is 927 g/mol. The third-order valence-electron chi connectivity index (χ3n) is 11.8. The number of allylic oxidation sites excluding steroid dienone is 6. The monoisotopic (exact) mass is 927 g/mol. The summed E-state index contributed by atoms with van der Waals surface area (Å²) in [6.07, 6.45) is 58.3. The van der Waals surface area contributed by atoms with Crippen LogP contribution in [0.2, 0.25) is 0 Å². The van der Waals surface area contributed by atoms with Crippen molar-refractivity contribution in [2.24, 2.45) is 0 Å². The smallest absolute Gasteiger partial charge is 0.457 e. The van der Waals surface area contributed by atoms with Crippen molar-refractivity contribution in [2.75, 3.05) is 33.0 Å². The van der Waals surface area contributed by atoms with Gasteiger partial charge in [0.1, 0.15) is 12.2 Å². The third kappa shape index (κ3) is 50.1. The van der Waals surface area contributed by atoms with E-state index in [1.54, 1.807) is 0 Å². The van der Waals surface area contributed by atoms with Crippen molar-refractivity contribution in [3.05, 3.63) is 36.5 Å². The highest BCUT2D eigenvalue weighted by atomic mass is 31.2. The van der Waals surface area contributed by atoms with Crippen LogP contribution in [0.3, 0.4) is 0 Å². The predicted octanol–water partition coefficient (Wildman–Crippen LogP) is 15.9. The molecule has 0 bridgehead atoms. The van der Waals surface area contributed by atoms with Gasteiger partial charge in [-0.15, -0.1) is 0 Å². The Hall–Kier alpha value is -1.32. The van der Waals surface area contributed by atoms with E-state index >= 15 is 0 Å². The molecule has 9 nitrogen and oxygen atoms in total. The van der Waals surface area contributed by atoms with Gasteiger partial charge in [0.25, 0.3) is 0 Å². The van der Waals surface area contributed by atoms with Crippen LogP contribution in [0.15, 0.2) is 36.5 Å². The lowest BCUT2D eigenvalue weighted by atomic mass is 10.0. The summed E-state index contributed by atoms with van der Waals surface area (Å²) < 4.78 is 33.6. The second-order valence-corrected chi connectivity index (χ2v) is 19.7. The van der Waals surface area contributed by atoms with Crippen molar-refractivity contribution in [1.82, 2.24) is 0 Å². The number of rotatable bonds is 52. The number of unbranched alkanes of at least 4 members (excludes halogenated alkanes) is 32. The van der Waals surface area contributed by atoms with E-state index in [0.29, 0.717) is 6.61 Å². The highest BCUT2D eigenvalue weighted by Crippen LogP contribution is 2.43. The second-order valence-electron chi connectivity index (χ2n) is 18.2. The summed E-state index contributed by atoms with van der Waals surface area (Å²) in [5.41, 5.74) is 0. The van der Waals surface area contributed by atoms with E-state index < -0.39 is 33.2 Å². The Morgan fingerprint density at radius 3 is 1.30 bits per heavy atom. The Labute approximate surface area is 395 Å². The quantitative estimate of drug-likeness (QED) is 0.0236. The summed E-state index contributed by atoms with van der Waals surface area (Å²) in [6.45, 7) is 3.54. The number of carbonyl (C=O) groups is 1. The molecule has 0 rings (SSSR count). The number of phosphoric ester groups is 1. The van der Waals surface area contributed by atoms with Gasteiger partial charge in [0.15, 0.2) is 0 Å². The molecule has 0 saturated carbocycles. The molecule has 0 aromatic heterocycles. The van der Waals surface area contributed by atoms with Gasteiger partial charge in [-0.3, -0.25) is 13.8 Å². The van der Waals surface area contributed by atoms with Crippen molar-refractivity contribution in [3.8, 4) is 0 Å². The van der Waals surface area contributed by atoms with Crippen LogP contribution in [0, 0.1) is 0 Å². The first-order valence-electron chi connectivity index (χ1n) is 27.0. The summed E-state index contributed by atoms with van der Waals surface area (Å²) in [5.74, 6) is -0.383. The molecule has 0 amide bonds. The Bertz CT molecular complexity index is 1100. The lowest BCUT2D eigenvalue weighted by Crippen LogP contribution is -2.29. The maximum absolute atomic E-state index is 12.7. The minimum Gasteiger partial charge on any atom is -0.457 e. The van der Waals surface area contributed by atoms with Gasteiger partial charge in [-0.1, -0.05) is 217 Å². The molecule has 64 heavy (non-hydrogen) atoms. The first-order valence-corrected chi connectivity index (χ1v) is 28.5. The molecule has 0 aromatic rings. The molecule has 0 aliphatic carbocycles. The van der Waals surface area contributed by atoms with Crippen LogP contribution >= 0.6 is 7.82 Å². The number of aliphatic hydroxyl groups excluding tert-OH is 2. The molecule has 10 heteroatoms. The van der Waals surface area contributed by atoms with Gasteiger partial charge in [0.2, 0.25) is 0 Å². The van der Waals surface area contributed by atoms with Crippen molar-refractivity contribution in [1.29, 1.82) is 0 Å². The highest BCUT2D eigenvalue weighted by molar-refractivity contribution is 7.47. The highest BCUT2D eigenvalue weighted by Gasteiger charge is 2.26. The number of hydrogen-bond donors (Lipinski definition) is 3. The number of aliphatic hydroxyl groups is 2. The molecule has 378 valence electrons. The summed E-state index contributed by atoms with van der Waals surface area (Å²) in [6, 6.07) is 0. The summed E-state index contributed by atoms with van der Waals surface area (Å²) in [7, 11) is -4.52. The largest absolute Gasteiger partial charge is 0.472 e. The van der Waals surface area contributed by atoms with Gasteiger partial charge < -0.3 is 24.6 Å². The van der Waals surface area contributed by atoms with Crippen LogP contribution in [0.4, 0.5) is 0 Å². The number of ether oxygens (including phenoxy) is 2. The normalized spacial score (nSPS) is 14.0. The van der Waals surface area contributed by atoms with Crippen molar-refractivity contribution in [2.45, 2.75) is 270 Å². The molecule has 3 unspecified atom stereocenters. The molecule has 3 N–H and O–H groups in total. The van der Waals surface area contributed by atoms with Crippen LogP contribution in [0.5, 0.6) is 0 Å². The number of esters is 1. The second kappa shape index (κ2) is 51.1. The topological polar surface area (TPSA) is 132 Å². The van der Waals surface area contributed by atoms with E-state index in [4.69, 9.17) is 23.6 Å². The minimum atomic E-state index is -4.52. The number of phosphoric acid groups is 1. The molecule has 0 saturated heterocycles. The number of hydrogen-bond acceptors (Lipinski definition) is 8. The molecule has 0 aromatic carbocycles. The van der Waals surface area contributed by atoms with Crippen LogP contribution in [0.1, 0.15) is 258 Å². The van der Waals surface area contributed by atoms with E-state index in [2.05, 4.69) is 50.3 Å². The van der Waals surface area contributed by atoms with E-state index in [0.717, 1.165) is 44.9 Å². The standard InChI is InChI=1S/C54H103O9P/c1-3-5-7-9-11-13-15-17-19-21-23-24-25-26-27-29-31-33-35-37-39-41-43-45-47-60-50-53(51-62-64(58,59)61-49-52(56)48-55)63-54(57)46-44-42-40-38-36-34-32-30-28-22-20-18-16-14-12-10-8-6-4-2/h12,14,18,20-21,23,52-53,55-56H,3-11,13,15-17,19,22,24-51H2,1-2H3,(H,58,59)/b14-12-,20-18-,23-21-. The van der Waals surface area contributed by atoms with Gasteiger partial charge in [-0.05, 0) is 70.6 Å². The maximum atomic E-state index is 12.7. The minimum absolute atomic E-state index is 0.0495. The number of carbonyl (C=O) groups excluding carboxylic acids is 1. The zero-order valence-corrected chi connectivity index (χ0v) is 42.7. The van der Waals surface area contributed by atoms with Crippen molar-refractivity contribution < 1.29 is 43.0 Å². The van der Waals surface area contributed by atoms with E-state index in [9.17, 15) is 19.4 Å². The van der Waals surface area contributed by atoms with Crippen LogP contribution in [-0.2, 0) is 27.9 Å². The summed E-state index contributed by atoms with van der Waals surface area (Å²) in [5, 5.41) is 18.4. The van der Waals surface area contributed by atoms with Crippen LogP contribution in [0.25, 0.3) is 0 Å². The molecular formula is C54H103O9P. The molecule has 0 radical (unpaired) electrons. The zero-order valence-electron chi connectivity index (χ0n) is 41.8. The zero-order chi connectivity index (χ0) is 46.7. The first kappa shape index (κ1) is 62.7. The van der Waals surface area contributed by atoms with Gasteiger partial charge in [0.05, 0.1) is 26.4 Å². The third-order valence-corrected chi connectivity index (χ3v) is 12.7. The molecule has 0 heterocycles. The predicted molar refractivity (Wildman–Crippen MR) is 270 cm³/mol. The molecule has 3 atom stereocenters. The fourth-order valence-electron chi connectivity index (χ4n) is 7.68. The lowest BCUT2D eigenvalue weighted by molar-refractivity contribution is -0.154. The Balaban J connectivity index is 4.02. The van der Waals surface area contributed by atoms with Crippen molar-refractivity contribution in [3.63, 3.8) is 0 Å². The summed E-state index contributed by atoms with van der Waals surface area (Å²) in [4.78, 5) is 22.7. The fraction of sp³-hybridized carbons (Fsp3) is 0.870. The summed E-state index contributed by atoms with van der Waals surface area (Å²) >= 11 is 0. The SMILES string of the molecule is CCCCC/C=C\C/C=C\CCCCCCCCCCCC(=O)OC(COCCCCCCCCCCCCCC/C=C\CCCCCCCCCC)COP(=O)(O)OCC(O)CO. The Morgan fingerprint density at radius 1 is 0.484 bits per heavy atom. The van der Waals surface area contributed by atoms with Crippen LogP contribution in [-0.4, -0.2) is 66.3 Å². The molecule has 0 spiro atoms. The van der Waals surface area contributed by atoms with Gasteiger partial charge in [-0.2, -0.15) is 0 Å². The van der Waals surface area contributed by atoms with E-state index in [1.165, 1.54) is 193 Å². The average Bonchev–Trinajstić information content (AvgIpc) is 3.29. The molecule has 0 fully saturated rings. The molecule has 0 aliphatic rings. The maximum Gasteiger partial charge on any atom is 0.472 e. The Kier molecular flexibility index (Phi) is 50.0. The first-order chi connectivity index (χ1) is 31.3. The molecule has 0 aliphatic heterocycles. The van der Waals surface area contributed by atoms with Crippen LogP contribution < -0.4 is 0 Å². The van der Waals surface area contributed by atoms with Gasteiger partial charge in [0, 0.05) is 13.0 Å². The van der Waals surface area contributed by atoms with Gasteiger partial charge in [-0.25, -0.2) is 4.57 Å². The fourth-order valence-corrected chi connectivity index (χ4v) is 8.47. The van der Waals surface area contributed by atoms with E-state index in [1.807, 2.05) is 0 Å².